The Hall–Kier alpha value is -3.08. The number of nitrogens with one attached hydrogen (secondary N) is 1. The normalized spacial score (nSPS) is 9.96. The Balaban J connectivity index is 2.10. The van der Waals surface area contributed by atoms with E-state index in [0.29, 0.717) is 28.3 Å². The van der Waals surface area contributed by atoms with Gasteiger partial charge in [-0.25, -0.2) is 0 Å². The number of aliphatic hydroxyl groups is 2. The predicted molar refractivity (Wildman–Crippen MR) is 90.7 cm³/mol. The molecule has 25 heavy (non-hydrogen) atoms. The van der Waals surface area contributed by atoms with Gasteiger partial charge in [-0.05, 0) is 36.4 Å². The van der Waals surface area contributed by atoms with Crippen LogP contribution in [0, 0.1) is 11.3 Å². The highest BCUT2D eigenvalue weighted by Gasteiger charge is 2.09. The minimum Gasteiger partial charge on any atom is -0.491 e. The van der Waals surface area contributed by atoms with E-state index in [-0.39, 0.29) is 32.3 Å². The predicted octanol–water partition coefficient (Wildman–Crippen LogP) is 1.55. The van der Waals surface area contributed by atoms with Gasteiger partial charge in [0.25, 0.3) is 5.91 Å². The van der Waals surface area contributed by atoms with Crippen LogP contribution in [0.5, 0.6) is 11.5 Å². The summed E-state index contributed by atoms with van der Waals surface area (Å²) < 4.78 is 10.5. The lowest BCUT2D eigenvalue weighted by Gasteiger charge is -2.10. The van der Waals surface area contributed by atoms with Gasteiger partial charge in [-0.1, -0.05) is 0 Å². The zero-order chi connectivity index (χ0) is 18.1. The third-order valence-corrected chi connectivity index (χ3v) is 3.13. The van der Waals surface area contributed by atoms with E-state index in [0.717, 1.165) is 0 Å². The van der Waals surface area contributed by atoms with Gasteiger partial charge in [0.2, 0.25) is 0 Å². The molecule has 3 N–H and O–H groups in total. The summed E-state index contributed by atoms with van der Waals surface area (Å²) in [5.74, 6) is 0.588. The van der Waals surface area contributed by atoms with E-state index in [2.05, 4.69) is 5.32 Å². The van der Waals surface area contributed by atoms with Crippen molar-refractivity contribution in [2.75, 3.05) is 31.7 Å². The monoisotopic (exact) mass is 342 g/mol. The summed E-state index contributed by atoms with van der Waals surface area (Å²) in [5, 5.41) is 29.3. The number of benzene rings is 2. The molecule has 0 aliphatic heterocycles. The van der Waals surface area contributed by atoms with Gasteiger partial charge in [-0.3, -0.25) is 4.79 Å². The van der Waals surface area contributed by atoms with Crippen LogP contribution in [0.4, 0.5) is 5.69 Å². The molecule has 0 fully saturated rings. The van der Waals surface area contributed by atoms with Gasteiger partial charge in [0.05, 0.1) is 24.8 Å². The Kier molecular flexibility index (Phi) is 6.77. The lowest BCUT2D eigenvalue weighted by atomic mass is 10.1. The highest BCUT2D eigenvalue weighted by Crippen LogP contribution is 2.22. The Morgan fingerprint density at radius 2 is 1.64 bits per heavy atom. The molecule has 0 aliphatic rings. The van der Waals surface area contributed by atoms with Crippen LogP contribution in [0.15, 0.2) is 42.5 Å². The van der Waals surface area contributed by atoms with E-state index in [1.54, 1.807) is 30.3 Å². The third kappa shape index (κ3) is 5.49. The van der Waals surface area contributed by atoms with Crippen molar-refractivity contribution in [1.29, 1.82) is 5.26 Å². The minimum atomic E-state index is -0.350. The highest BCUT2D eigenvalue weighted by molar-refractivity contribution is 6.04. The molecule has 0 aromatic heterocycles. The molecular formula is C18H18N2O5. The van der Waals surface area contributed by atoms with Gasteiger partial charge in [-0.2, -0.15) is 5.26 Å². The number of ether oxygens (including phenoxy) is 2. The summed E-state index contributed by atoms with van der Waals surface area (Å²) in [6.07, 6.45) is 0. The van der Waals surface area contributed by atoms with Gasteiger partial charge in [0, 0.05) is 17.3 Å². The molecule has 0 bridgehead atoms. The molecule has 0 atom stereocenters. The standard InChI is InChI=1S/C18H18N2O5/c19-12-13-9-15(11-17(10-13)25-8-6-22)20-18(23)14-1-3-16(4-2-14)24-7-5-21/h1-4,9-11,21-22H,5-8H2,(H,20,23). The Morgan fingerprint density at radius 1 is 1.00 bits per heavy atom. The van der Waals surface area contributed by atoms with Crippen LogP contribution in [0.2, 0.25) is 0 Å². The smallest absolute Gasteiger partial charge is 0.255 e. The molecule has 2 aromatic carbocycles. The van der Waals surface area contributed by atoms with Crippen LogP contribution >= 0.6 is 0 Å². The average Bonchev–Trinajstić information content (AvgIpc) is 2.64. The number of amides is 1. The lowest BCUT2D eigenvalue weighted by molar-refractivity contribution is 0.102. The number of hydrogen-bond donors (Lipinski definition) is 3. The molecule has 7 nitrogen and oxygen atoms in total. The fraction of sp³-hybridized carbons (Fsp3) is 0.222. The number of nitriles is 1. The number of carbonyl (C=O) groups excluding carboxylic acids is 1. The maximum atomic E-state index is 12.3. The van der Waals surface area contributed by atoms with Crippen molar-refractivity contribution in [3.63, 3.8) is 0 Å². The summed E-state index contributed by atoms with van der Waals surface area (Å²) in [7, 11) is 0. The third-order valence-electron chi connectivity index (χ3n) is 3.13. The minimum absolute atomic E-state index is 0.0852. The Morgan fingerprint density at radius 3 is 2.24 bits per heavy atom. The van der Waals surface area contributed by atoms with Gasteiger partial charge in [0.15, 0.2) is 0 Å². The van der Waals surface area contributed by atoms with Gasteiger partial charge in [-0.15, -0.1) is 0 Å². The molecule has 0 saturated carbocycles. The van der Waals surface area contributed by atoms with E-state index < -0.39 is 0 Å². The summed E-state index contributed by atoms with van der Waals surface area (Å²) >= 11 is 0. The van der Waals surface area contributed by atoms with Crippen molar-refractivity contribution in [3.8, 4) is 17.6 Å². The molecular weight excluding hydrogens is 324 g/mol. The van der Waals surface area contributed by atoms with Crippen LogP contribution in [-0.4, -0.2) is 42.5 Å². The number of carbonyl (C=O) groups is 1. The number of nitrogens with zero attached hydrogens (tertiary/aromatic N) is 1. The molecule has 0 unspecified atom stereocenters. The second-order valence-corrected chi connectivity index (χ2v) is 4.98. The Bertz CT molecular complexity index is 753. The maximum absolute atomic E-state index is 12.3. The summed E-state index contributed by atoms with van der Waals surface area (Å²) in [6, 6.07) is 13.1. The summed E-state index contributed by atoms with van der Waals surface area (Å²) in [6.45, 7) is 0.0437. The first-order valence-corrected chi connectivity index (χ1v) is 7.60. The van der Waals surface area contributed by atoms with Crippen LogP contribution in [0.25, 0.3) is 0 Å². The van der Waals surface area contributed by atoms with Gasteiger partial charge in [0.1, 0.15) is 24.7 Å². The molecule has 0 radical (unpaired) electrons. The zero-order valence-electron chi connectivity index (χ0n) is 13.4. The molecule has 7 heteroatoms. The number of rotatable bonds is 8. The van der Waals surface area contributed by atoms with E-state index in [1.807, 2.05) is 6.07 Å². The summed E-state index contributed by atoms with van der Waals surface area (Å²) in [5.41, 5.74) is 1.16. The fourth-order valence-electron chi connectivity index (χ4n) is 2.05. The topological polar surface area (TPSA) is 112 Å². The highest BCUT2D eigenvalue weighted by atomic mass is 16.5. The average molecular weight is 342 g/mol. The lowest BCUT2D eigenvalue weighted by Crippen LogP contribution is -2.12. The van der Waals surface area contributed by atoms with E-state index in [9.17, 15) is 4.79 Å². The summed E-state index contributed by atoms with van der Waals surface area (Å²) in [4.78, 5) is 12.3. The van der Waals surface area contributed by atoms with Gasteiger partial charge < -0.3 is 25.0 Å². The van der Waals surface area contributed by atoms with Crippen molar-refractivity contribution in [2.45, 2.75) is 0 Å². The van der Waals surface area contributed by atoms with Crippen molar-refractivity contribution >= 4 is 11.6 Å². The second kappa shape index (κ2) is 9.27. The van der Waals surface area contributed by atoms with Crippen LogP contribution in [0.1, 0.15) is 15.9 Å². The zero-order valence-corrected chi connectivity index (χ0v) is 13.4. The molecule has 1 amide bonds. The largest absolute Gasteiger partial charge is 0.491 e. The quantitative estimate of drug-likeness (QED) is 0.671. The van der Waals surface area contributed by atoms with Crippen LogP contribution < -0.4 is 14.8 Å². The second-order valence-electron chi connectivity index (χ2n) is 4.98. The molecule has 2 rings (SSSR count). The van der Waals surface area contributed by atoms with E-state index in [1.165, 1.54) is 12.1 Å². The molecule has 0 heterocycles. The molecule has 130 valence electrons. The van der Waals surface area contributed by atoms with Crippen molar-refractivity contribution in [2.24, 2.45) is 0 Å². The van der Waals surface area contributed by atoms with Gasteiger partial charge >= 0.3 is 0 Å². The number of anilines is 1. The number of hydrogen-bond acceptors (Lipinski definition) is 6. The molecule has 0 aliphatic carbocycles. The SMILES string of the molecule is N#Cc1cc(NC(=O)c2ccc(OCCO)cc2)cc(OCCO)c1. The van der Waals surface area contributed by atoms with Crippen molar-refractivity contribution < 1.29 is 24.5 Å². The maximum Gasteiger partial charge on any atom is 0.255 e. The van der Waals surface area contributed by atoms with Crippen molar-refractivity contribution in [1.82, 2.24) is 0 Å². The molecule has 0 spiro atoms. The molecule has 2 aromatic rings. The number of aliphatic hydroxyl groups excluding tert-OH is 2. The van der Waals surface area contributed by atoms with Crippen molar-refractivity contribution in [3.05, 3.63) is 53.6 Å². The first-order chi connectivity index (χ1) is 12.2. The van der Waals surface area contributed by atoms with Crippen LogP contribution in [-0.2, 0) is 0 Å². The van der Waals surface area contributed by atoms with E-state index in [4.69, 9.17) is 24.9 Å². The van der Waals surface area contributed by atoms with E-state index >= 15 is 0 Å². The Labute approximate surface area is 145 Å². The first-order valence-electron chi connectivity index (χ1n) is 7.60. The first kappa shape index (κ1) is 18.3. The van der Waals surface area contributed by atoms with Crippen LogP contribution in [0.3, 0.4) is 0 Å². The molecule has 0 saturated heterocycles. The fourth-order valence-corrected chi connectivity index (χ4v) is 2.05.